The molecule has 0 spiro atoms. The lowest BCUT2D eigenvalue weighted by atomic mass is 10.1. The van der Waals surface area contributed by atoms with E-state index in [0.717, 1.165) is 15.7 Å². The maximum absolute atomic E-state index is 9.46. The molecule has 0 fully saturated rings. The number of rotatable bonds is 4. The van der Waals surface area contributed by atoms with Crippen LogP contribution in [0.5, 0.6) is 5.75 Å². The number of nitrogens with one attached hydrogen (secondary N) is 1. The van der Waals surface area contributed by atoms with Crippen molar-refractivity contribution in [3.63, 3.8) is 0 Å². The number of aliphatic hydroxyl groups is 1. The predicted molar refractivity (Wildman–Crippen MR) is 75.7 cm³/mol. The van der Waals surface area contributed by atoms with Gasteiger partial charge >= 0.3 is 0 Å². The third kappa shape index (κ3) is 3.03. The van der Waals surface area contributed by atoms with E-state index < -0.39 is 0 Å². The first-order chi connectivity index (χ1) is 8.70. The van der Waals surface area contributed by atoms with Gasteiger partial charge in [-0.25, -0.2) is 0 Å². The van der Waals surface area contributed by atoms with Crippen LogP contribution in [0.15, 0.2) is 53.0 Å². The molecule has 2 aromatic carbocycles. The molecular formula is C14H14BrNO2. The lowest BCUT2D eigenvalue weighted by Gasteiger charge is -2.19. The van der Waals surface area contributed by atoms with Crippen molar-refractivity contribution in [2.75, 3.05) is 11.9 Å². The Morgan fingerprint density at radius 2 is 1.72 bits per heavy atom. The molecular weight excluding hydrogens is 294 g/mol. The summed E-state index contributed by atoms with van der Waals surface area (Å²) in [6.07, 6.45) is 0. The quantitative estimate of drug-likeness (QED) is 0.812. The van der Waals surface area contributed by atoms with Crippen LogP contribution < -0.4 is 5.32 Å². The highest BCUT2D eigenvalue weighted by Gasteiger charge is 2.11. The van der Waals surface area contributed by atoms with E-state index in [1.54, 1.807) is 24.3 Å². The average Bonchev–Trinajstić information content (AvgIpc) is 2.39. The lowest BCUT2D eigenvalue weighted by molar-refractivity contribution is 0.276. The highest BCUT2D eigenvalue weighted by Crippen LogP contribution is 2.26. The van der Waals surface area contributed by atoms with Crippen LogP contribution in [0.25, 0.3) is 0 Å². The molecule has 0 saturated carbocycles. The minimum Gasteiger partial charge on any atom is -0.508 e. The molecule has 2 aromatic rings. The van der Waals surface area contributed by atoms with Crippen LogP contribution in [0.1, 0.15) is 11.6 Å². The van der Waals surface area contributed by atoms with Crippen LogP contribution in [0.4, 0.5) is 5.69 Å². The Bertz CT molecular complexity index is 513. The predicted octanol–water partition coefficient (Wildman–Crippen LogP) is 3.30. The number of aromatic hydroxyl groups is 1. The van der Waals surface area contributed by atoms with E-state index in [1.807, 2.05) is 24.3 Å². The van der Waals surface area contributed by atoms with Gasteiger partial charge in [0.2, 0.25) is 0 Å². The molecule has 2 rings (SSSR count). The normalized spacial score (nSPS) is 12.1. The summed E-state index contributed by atoms with van der Waals surface area (Å²) in [6.45, 7) is -0.0217. The summed E-state index contributed by atoms with van der Waals surface area (Å²) in [5, 5.41) is 22.0. The Labute approximate surface area is 114 Å². The number of phenols is 1. The molecule has 0 radical (unpaired) electrons. The number of hydrogen-bond donors (Lipinski definition) is 3. The van der Waals surface area contributed by atoms with Crippen molar-refractivity contribution >= 4 is 21.6 Å². The molecule has 0 amide bonds. The molecule has 0 aliphatic rings. The van der Waals surface area contributed by atoms with Crippen molar-refractivity contribution in [1.82, 2.24) is 0 Å². The summed E-state index contributed by atoms with van der Waals surface area (Å²) in [7, 11) is 0. The minimum atomic E-state index is -0.204. The Balaban J connectivity index is 2.20. The molecule has 18 heavy (non-hydrogen) atoms. The summed E-state index contributed by atoms with van der Waals surface area (Å²) in [5.41, 5.74) is 1.84. The molecule has 0 heterocycles. The third-order valence-corrected chi connectivity index (χ3v) is 3.37. The smallest absolute Gasteiger partial charge is 0.115 e. The van der Waals surface area contributed by atoms with Crippen LogP contribution in [0.3, 0.4) is 0 Å². The number of para-hydroxylation sites is 1. The summed E-state index contributed by atoms with van der Waals surface area (Å²) in [4.78, 5) is 0. The summed E-state index contributed by atoms with van der Waals surface area (Å²) < 4.78 is 0.947. The monoisotopic (exact) mass is 307 g/mol. The van der Waals surface area contributed by atoms with Gasteiger partial charge in [0, 0.05) is 10.2 Å². The first-order valence-electron chi connectivity index (χ1n) is 5.61. The van der Waals surface area contributed by atoms with Gasteiger partial charge in [-0.2, -0.15) is 0 Å². The largest absolute Gasteiger partial charge is 0.508 e. The zero-order chi connectivity index (χ0) is 13.0. The molecule has 3 N–H and O–H groups in total. The fourth-order valence-corrected chi connectivity index (χ4v) is 2.11. The van der Waals surface area contributed by atoms with E-state index in [0.29, 0.717) is 0 Å². The van der Waals surface area contributed by atoms with Gasteiger partial charge < -0.3 is 15.5 Å². The highest BCUT2D eigenvalue weighted by molar-refractivity contribution is 9.10. The zero-order valence-electron chi connectivity index (χ0n) is 9.68. The van der Waals surface area contributed by atoms with Crippen molar-refractivity contribution in [3.05, 3.63) is 58.6 Å². The molecule has 4 heteroatoms. The van der Waals surface area contributed by atoms with Crippen molar-refractivity contribution < 1.29 is 10.2 Å². The van der Waals surface area contributed by atoms with Crippen molar-refractivity contribution in [2.45, 2.75) is 6.04 Å². The molecule has 1 unspecified atom stereocenters. The molecule has 0 bridgehead atoms. The van der Waals surface area contributed by atoms with Crippen LogP contribution in [0, 0.1) is 0 Å². The van der Waals surface area contributed by atoms with E-state index in [4.69, 9.17) is 0 Å². The molecule has 94 valence electrons. The third-order valence-electron chi connectivity index (χ3n) is 2.68. The van der Waals surface area contributed by atoms with Crippen molar-refractivity contribution in [3.8, 4) is 5.75 Å². The number of benzene rings is 2. The second kappa shape index (κ2) is 5.89. The standard InChI is InChI=1S/C14H14BrNO2/c15-12-3-1-2-4-13(12)16-14(9-17)10-5-7-11(18)8-6-10/h1-8,14,16-18H,9H2. The lowest BCUT2D eigenvalue weighted by Crippen LogP contribution is -2.14. The Morgan fingerprint density at radius 3 is 2.33 bits per heavy atom. The van der Waals surface area contributed by atoms with Crippen LogP contribution in [-0.4, -0.2) is 16.8 Å². The minimum absolute atomic E-state index is 0.0217. The average molecular weight is 308 g/mol. The first kappa shape index (κ1) is 12.9. The molecule has 0 aromatic heterocycles. The van der Waals surface area contributed by atoms with Gasteiger partial charge in [0.05, 0.1) is 12.6 Å². The van der Waals surface area contributed by atoms with Crippen LogP contribution >= 0.6 is 15.9 Å². The van der Waals surface area contributed by atoms with Gasteiger partial charge in [-0.15, -0.1) is 0 Å². The van der Waals surface area contributed by atoms with Crippen molar-refractivity contribution in [1.29, 1.82) is 0 Å². The summed E-state index contributed by atoms with van der Waals surface area (Å²) in [5.74, 6) is 0.219. The van der Waals surface area contributed by atoms with Crippen LogP contribution in [0.2, 0.25) is 0 Å². The van der Waals surface area contributed by atoms with Gasteiger partial charge in [-0.05, 0) is 45.8 Å². The van der Waals surface area contributed by atoms with E-state index in [-0.39, 0.29) is 18.4 Å². The van der Waals surface area contributed by atoms with Gasteiger partial charge in [0.1, 0.15) is 5.75 Å². The summed E-state index contributed by atoms with van der Waals surface area (Å²) in [6, 6.07) is 14.3. The highest BCUT2D eigenvalue weighted by atomic mass is 79.9. The molecule has 0 aliphatic heterocycles. The van der Waals surface area contributed by atoms with Gasteiger partial charge in [0.25, 0.3) is 0 Å². The van der Waals surface area contributed by atoms with E-state index in [1.165, 1.54) is 0 Å². The topological polar surface area (TPSA) is 52.5 Å². The molecule has 3 nitrogen and oxygen atoms in total. The SMILES string of the molecule is OCC(Nc1ccccc1Br)c1ccc(O)cc1. The number of hydrogen-bond acceptors (Lipinski definition) is 3. The first-order valence-corrected chi connectivity index (χ1v) is 6.41. The molecule has 0 saturated heterocycles. The van der Waals surface area contributed by atoms with Crippen molar-refractivity contribution in [2.24, 2.45) is 0 Å². The fourth-order valence-electron chi connectivity index (χ4n) is 1.71. The van der Waals surface area contributed by atoms with E-state index in [2.05, 4.69) is 21.2 Å². The number of phenolic OH excluding ortho intramolecular Hbond substituents is 1. The number of aliphatic hydroxyl groups excluding tert-OH is 1. The second-order valence-corrected chi connectivity index (χ2v) is 4.81. The van der Waals surface area contributed by atoms with E-state index in [9.17, 15) is 10.2 Å². The Hall–Kier alpha value is -1.52. The Kier molecular flexibility index (Phi) is 4.23. The zero-order valence-corrected chi connectivity index (χ0v) is 11.3. The molecule has 1 atom stereocenters. The number of anilines is 1. The van der Waals surface area contributed by atoms with E-state index >= 15 is 0 Å². The fraction of sp³-hybridized carbons (Fsp3) is 0.143. The van der Waals surface area contributed by atoms with Gasteiger partial charge in [-0.3, -0.25) is 0 Å². The molecule has 0 aliphatic carbocycles. The maximum Gasteiger partial charge on any atom is 0.115 e. The second-order valence-electron chi connectivity index (χ2n) is 3.95. The number of halogens is 1. The summed E-state index contributed by atoms with van der Waals surface area (Å²) >= 11 is 3.45. The van der Waals surface area contributed by atoms with Crippen LogP contribution in [-0.2, 0) is 0 Å². The Morgan fingerprint density at radius 1 is 1.06 bits per heavy atom. The van der Waals surface area contributed by atoms with Gasteiger partial charge in [-0.1, -0.05) is 24.3 Å². The van der Waals surface area contributed by atoms with Gasteiger partial charge in [0.15, 0.2) is 0 Å². The maximum atomic E-state index is 9.46.